The van der Waals surface area contributed by atoms with Crippen molar-refractivity contribution in [3.05, 3.63) is 35.4 Å². The molecule has 0 aromatic heterocycles. The van der Waals surface area contributed by atoms with Crippen molar-refractivity contribution in [2.24, 2.45) is 5.92 Å². The largest absolute Gasteiger partial charge is 0.481 e. The summed E-state index contributed by atoms with van der Waals surface area (Å²) in [7, 11) is 1.62. The lowest BCUT2D eigenvalue weighted by Crippen LogP contribution is -2.28. The molecule has 0 fully saturated rings. The quantitative estimate of drug-likeness (QED) is 0.763. The molecular weight excluding hydrogens is 258 g/mol. The van der Waals surface area contributed by atoms with Gasteiger partial charge in [0, 0.05) is 25.6 Å². The van der Waals surface area contributed by atoms with Crippen LogP contribution >= 0.6 is 0 Å². The zero-order valence-electron chi connectivity index (χ0n) is 11.9. The van der Waals surface area contributed by atoms with E-state index >= 15 is 0 Å². The fourth-order valence-electron chi connectivity index (χ4n) is 1.76. The van der Waals surface area contributed by atoms with Crippen LogP contribution in [0, 0.1) is 5.92 Å². The minimum atomic E-state index is -0.808. The molecular formula is C15H21NO4. The van der Waals surface area contributed by atoms with E-state index in [2.05, 4.69) is 5.32 Å². The Morgan fingerprint density at radius 3 is 2.50 bits per heavy atom. The lowest BCUT2D eigenvalue weighted by Gasteiger charge is -2.11. The second-order valence-electron chi connectivity index (χ2n) is 4.88. The summed E-state index contributed by atoms with van der Waals surface area (Å²) >= 11 is 0. The molecule has 5 heteroatoms. The average Bonchev–Trinajstić information content (AvgIpc) is 2.43. The fraction of sp³-hybridized carbons (Fsp3) is 0.467. The van der Waals surface area contributed by atoms with Gasteiger partial charge in [0.05, 0.1) is 6.61 Å². The van der Waals surface area contributed by atoms with Gasteiger partial charge in [-0.1, -0.05) is 19.1 Å². The van der Waals surface area contributed by atoms with E-state index in [1.54, 1.807) is 19.2 Å². The smallest absolute Gasteiger partial charge is 0.303 e. The minimum Gasteiger partial charge on any atom is -0.481 e. The second-order valence-corrected chi connectivity index (χ2v) is 4.88. The van der Waals surface area contributed by atoms with Gasteiger partial charge in [-0.15, -0.1) is 0 Å². The molecule has 1 aromatic carbocycles. The van der Waals surface area contributed by atoms with E-state index in [0.717, 1.165) is 5.56 Å². The summed E-state index contributed by atoms with van der Waals surface area (Å²) in [6, 6.07) is 7.22. The standard InChI is InChI=1S/C15H21NO4/c1-11(3-8-14(17)18)9-16-15(19)13-6-4-12(5-7-13)10-20-2/h4-7,11H,3,8-10H2,1-2H3,(H,16,19)(H,17,18). The number of hydrogen-bond acceptors (Lipinski definition) is 3. The number of carbonyl (C=O) groups excluding carboxylic acids is 1. The van der Waals surface area contributed by atoms with Gasteiger partial charge in [0.15, 0.2) is 0 Å². The molecule has 5 nitrogen and oxygen atoms in total. The molecule has 0 bridgehead atoms. The summed E-state index contributed by atoms with van der Waals surface area (Å²) in [5.41, 5.74) is 1.61. The summed E-state index contributed by atoms with van der Waals surface area (Å²) < 4.78 is 5.00. The number of nitrogens with one attached hydrogen (secondary N) is 1. The highest BCUT2D eigenvalue weighted by Gasteiger charge is 2.09. The maximum Gasteiger partial charge on any atom is 0.303 e. The topological polar surface area (TPSA) is 75.6 Å². The van der Waals surface area contributed by atoms with Gasteiger partial charge in [-0.3, -0.25) is 9.59 Å². The van der Waals surface area contributed by atoms with Gasteiger partial charge in [0.2, 0.25) is 0 Å². The molecule has 1 aromatic rings. The summed E-state index contributed by atoms with van der Waals surface area (Å²) in [4.78, 5) is 22.3. The van der Waals surface area contributed by atoms with Crippen molar-refractivity contribution in [3.63, 3.8) is 0 Å². The second kappa shape index (κ2) is 8.32. The van der Waals surface area contributed by atoms with E-state index in [4.69, 9.17) is 9.84 Å². The molecule has 0 radical (unpaired) electrons. The maximum atomic E-state index is 11.9. The number of carboxylic acids is 1. The Labute approximate surface area is 118 Å². The van der Waals surface area contributed by atoms with Gasteiger partial charge in [-0.25, -0.2) is 0 Å². The molecule has 0 aliphatic heterocycles. The number of amides is 1. The fourth-order valence-corrected chi connectivity index (χ4v) is 1.76. The van der Waals surface area contributed by atoms with Crippen molar-refractivity contribution in [1.29, 1.82) is 0 Å². The Hall–Kier alpha value is -1.88. The summed E-state index contributed by atoms with van der Waals surface area (Å²) in [5.74, 6) is -0.809. The number of methoxy groups -OCH3 is 1. The molecule has 0 spiro atoms. The Morgan fingerprint density at radius 1 is 1.30 bits per heavy atom. The highest BCUT2D eigenvalue weighted by Crippen LogP contribution is 2.07. The number of aliphatic carboxylic acids is 1. The molecule has 20 heavy (non-hydrogen) atoms. The number of carbonyl (C=O) groups is 2. The average molecular weight is 279 g/mol. The summed E-state index contributed by atoms with van der Waals surface area (Å²) in [6.45, 7) is 2.92. The van der Waals surface area contributed by atoms with Crippen LogP contribution in [0.1, 0.15) is 35.7 Å². The zero-order chi connectivity index (χ0) is 15.0. The van der Waals surface area contributed by atoms with Gasteiger partial charge < -0.3 is 15.2 Å². The Morgan fingerprint density at radius 2 is 1.95 bits per heavy atom. The molecule has 1 atom stereocenters. The van der Waals surface area contributed by atoms with Crippen molar-refractivity contribution in [1.82, 2.24) is 5.32 Å². The molecule has 1 amide bonds. The number of carboxylic acid groups (broad SMARTS) is 1. The van der Waals surface area contributed by atoms with Crippen LogP contribution in [0.4, 0.5) is 0 Å². The first kappa shape index (κ1) is 16.2. The molecule has 110 valence electrons. The first-order valence-electron chi connectivity index (χ1n) is 6.60. The van der Waals surface area contributed by atoms with Crippen molar-refractivity contribution >= 4 is 11.9 Å². The normalized spacial score (nSPS) is 11.9. The predicted molar refractivity (Wildman–Crippen MR) is 75.5 cm³/mol. The van der Waals surface area contributed by atoms with E-state index < -0.39 is 5.97 Å². The SMILES string of the molecule is COCc1ccc(C(=O)NCC(C)CCC(=O)O)cc1. The molecule has 0 heterocycles. The van der Waals surface area contributed by atoms with Crippen LogP contribution in [0.25, 0.3) is 0 Å². The third-order valence-electron chi connectivity index (χ3n) is 2.99. The van der Waals surface area contributed by atoms with E-state index in [9.17, 15) is 9.59 Å². The van der Waals surface area contributed by atoms with E-state index in [-0.39, 0.29) is 18.2 Å². The monoisotopic (exact) mass is 279 g/mol. The van der Waals surface area contributed by atoms with Crippen LogP contribution in [-0.2, 0) is 16.1 Å². The van der Waals surface area contributed by atoms with Gasteiger partial charge >= 0.3 is 5.97 Å². The number of benzene rings is 1. The summed E-state index contributed by atoms with van der Waals surface area (Å²) in [5, 5.41) is 11.4. The number of hydrogen-bond donors (Lipinski definition) is 2. The van der Waals surface area contributed by atoms with Crippen molar-refractivity contribution in [2.75, 3.05) is 13.7 Å². The van der Waals surface area contributed by atoms with Crippen LogP contribution in [0.3, 0.4) is 0 Å². The third kappa shape index (κ3) is 5.84. The van der Waals surface area contributed by atoms with E-state index in [0.29, 0.717) is 25.1 Å². The Balaban J connectivity index is 2.40. The molecule has 0 aliphatic carbocycles. The van der Waals surface area contributed by atoms with Gasteiger partial charge in [-0.2, -0.15) is 0 Å². The predicted octanol–water partition coefficient (Wildman–Crippen LogP) is 2.06. The maximum absolute atomic E-state index is 11.9. The minimum absolute atomic E-state index is 0.128. The van der Waals surface area contributed by atoms with Crippen LogP contribution in [0.2, 0.25) is 0 Å². The van der Waals surface area contributed by atoms with Gasteiger partial charge in [-0.05, 0) is 30.0 Å². The first-order valence-corrected chi connectivity index (χ1v) is 6.60. The molecule has 1 unspecified atom stereocenters. The van der Waals surface area contributed by atoms with Gasteiger partial charge in [0.25, 0.3) is 5.91 Å². The summed E-state index contributed by atoms with van der Waals surface area (Å²) in [6.07, 6.45) is 0.686. The van der Waals surface area contributed by atoms with Crippen molar-refractivity contribution in [3.8, 4) is 0 Å². The third-order valence-corrected chi connectivity index (χ3v) is 2.99. The Kier molecular flexibility index (Phi) is 6.73. The molecule has 2 N–H and O–H groups in total. The lowest BCUT2D eigenvalue weighted by molar-refractivity contribution is -0.137. The van der Waals surface area contributed by atoms with Crippen LogP contribution in [0.15, 0.2) is 24.3 Å². The van der Waals surface area contributed by atoms with Crippen LogP contribution in [-0.4, -0.2) is 30.6 Å². The highest BCUT2D eigenvalue weighted by molar-refractivity contribution is 5.94. The van der Waals surface area contributed by atoms with Crippen LogP contribution in [0.5, 0.6) is 0 Å². The first-order chi connectivity index (χ1) is 9.52. The van der Waals surface area contributed by atoms with Gasteiger partial charge in [0.1, 0.15) is 0 Å². The molecule has 0 aliphatic rings. The molecule has 0 saturated heterocycles. The Bertz CT molecular complexity index is 442. The van der Waals surface area contributed by atoms with E-state index in [1.165, 1.54) is 0 Å². The number of ether oxygens (including phenoxy) is 1. The van der Waals surface area contributed by atoms with Crippen LogP contribution < -0.4 is 5.32 Å². The van der Waals surface area contributed by atoms with E-state index in [1.807, 2.05) is 19.1 Å². The molecule has 1 rings (SSSR count). The lowest BCUT2D eigenvalue weighted by atomic mass is 10.1. The highest BCUT2D eigenvalue weighted by atomic mass is 16.5. The van der Waals surface area contributed by atoms with Crippen molar-refractivity contribution in [2.45, 2.75) is 26.4 Å². The van der Waals surface area contributed by atoms with Crippen molar-refractivity contribution < 1.29 is 19.4 Å². The number of rotatable bonds is 8. The molecule has 0 saturated carbocycles. The zero-order valence-corrected chi connectivity index (χ0v) is 11.9.